The lowest BCUT2D eigenvalue weighted by Crippen LogP contribution is -2.39. The molecule has 1 aliphatic rings. The summed E-state index contributed by atoms with van der Waals surface area (Å²) in [5, 5.41) is 2.27. The Hall–Kier alpha value is -2.95. The first kappa shape index (κ1) is 17.5. The van der Waals surface area contributed by atoms with Crippen molar-refractivity contribution in [3.8, 4) is 5.75 Å². The number of fused-ring (bicyclic) bond motifs is 1. The molecule has 1 amide bonds. The van der Waals surface area contributed by atoms with E-state index in [1.807, 2.05) is 23.2 Å². The van der Waals surface area contributed by atoms with E-state index in [1.54, 1.807) is 31.6 Å². The first-order valence-corrected chi connectivity index (χ1v) is 9.30. The molecule has 5 nitrogen and oxygen atoms in total. The molecule has 1 atom stereocenters. The van der Waals surface area contributed by atoms with Gasteiger partial charge in [-0.2, -0.15) is 0 Å². The van der Waals surface area contributed by atoms with Crippen molar-refractivity contribution in [3.05, 3.63) is 65.7 Å². The second-order valence-electron chi connectivity index (χ2n) is 7.05. The molecule has 5 heteroatoms. The van der Waals surface area contributed by atoms with E-state index >= 15 is 0 Å². The Morgan fingerprint density at radius 1 is 1.22 bits per heavy atom. The van der Waals surface area contributed by atoms with Crippen LogP contribution in [-0.2, 0) is 0 Å². The number of ether oxygens (including phenoxy) is 1. The van der Waals surface area contributed by atoms with E-state index in [4.69, 9.17) is 9.72 Å². The fourth-order valence-electron chi connectivity index (χ4n) is 3.89. The van der Waals surface area contributed by atoms with Crippen LogP contribution in [-0.4, -0.2) is 41.0 Å². The van der Waals surface area contributed by atoms with Crippen LogP contribution in [0.15, 0.2) is 48.9 Å². The number of pyridine rings is 2. The molecule has 0 aliphatic carbocycles. The van der Waals surface area contributed by atoms with Crippen LogP contribution in [0.2, 0.25) is 0 Å². The summed E-state index contributed by atoms with van der Waals surface area (Å²) in [5.74, 6) is 1.21. The molecule has 1 fully saturated rings. The fourth-order valence-corrected chi connectivity index (χ4v) is 3.89. The van der Waals surface area contributed by atoms with Crippen LogP contribution in [0, 0.1) is 6.92 Å². The first-order valence-electron chi connectivity index (χ1n) is 9.30. The third-order valence-electron chi connectivity index (χ3n) is 5.42. The first-order chi connectivity index (χ1) is 13.2. The Bertz CT molecular complexity index is 972. The Balaban J connectivity index is 1.61. The molecule has 0 unspecified atom stereocenters. The number of methoxy groups -OCH3 is 1. The SMILES string of the molecule is COc1ccc2cnc([C@@H]3CCCN(C(=O)c4ccncc4)C3)cc2c1C. The van der Waals surface area contributed by atoms with Crippen molar-refractivity contribution in [1.29, 1.82) is 0 Å². The summed E-state index contributed by atoms with van der Waals surface area (Å²) in [6.07, 6.45) is 7.28. The highest BCUT2D eigenvalue weighted by molar-refractivity contribution is 5.94. The number of amides is 1. The number of likely N-dealkylation sites (tertiary alicyclic amines) is 1. The number of hydrogen-bond acceptors (Lipinski definition) is 4. The highest BCUT2D eigenvalue weighted by Gasteiger charge is 2.26. The molecule has 0 N–H and O–H groups in total. The highest BCUT2D eigenvalue weighted by atomic mass is 16.5. The lowest BCUT2D eigenvalue weighted by molar-refractivity contribution is 0.0706. The van der Waals surface area contributed by atoms with Gasteiger partial charge in [-0.25, -0.2) is 0 Å². The number of piperidine rings is 1. The van der Waals surface area contributed by atoms with Gasteiger partial charge in [-0.05, 0) is 61.0 Å². The molecular formula is C22H23N3O2. The van der Waals surface area contributed by atoms with Gasteiger partial charge in [0.1, 0.15) is 5.75 Å². The second kappa shape index (κ2) is 7.35. The number of aryl methyl sites for hydroxylation is 1. The maximum absolute atomic E-state index is 12.8. The number of nitrogens with zero attached hydrogens (tertiary/aromatic N) is 3. The Kier molecular flexibility index (Phi) is 4.75. The number of benzene rings is 1. The molecule has 1 saturated heterocycles. The average Bonchev–Trinajstić information content (AvgIpc) is 2.74. The van der Waals surface area contributed by atoms with Crippen molar-refractivity contribution in [2.75, 3.05) is 20.2 Å². The summed E-state index contributed by atoms with van der Waals surface area (Å²) in [4.78, 5) is 23.4. The predicted octanol–water partition coefficient (Wildman–Crippen LogP) is 3.97. The topological polar surface area (TPSA) is 55.3 Å². The van der Waals surface area contributed by atoms with Crippen molar-refractivity contribution in [1.82, 2.24) is 14.9 Å². The molecule has 2 aromatic heterocycles. The van der Waals surface area contributed by atoms with Gasteiger partial charge in [0.25, 0.3) is 5.91 Å². The molecule has 3 aromatic rings. The zero-order valence-electron chi connectivity index (χ0n) is 15.7. The highest BCUT2D eigenvalue weighted by Crippen LogP contribution is 2.31. The van der Waals surface area contributed by atoms with E-state index < -0.39 is 0 Å². The Morgan fingerprint density at radius 3 is 2.81 bits per heavy atom. The van der Waals surface area contributed by atoms with Gasteiger partial charge in [0, 0.05) is 54.2 Å². The zero-order chi connectivity index (χ0) is 18.8. The normalized spacial score (nSPS) is 17.1. The maximum atomic E-state index is 12.8. The molecule has 1 aromatic carbocycles. The Labute approximate surface area is 159 Å². The molecule has 0 spiro atoms. The van der Waals surface area contributed by atoms with Gasteiger partial charge in [0.2, 0.25) is 0 Å². The van der Waals surface area contributed by atoms with Crippen LogP contribution in [0.4, 0.5) is 0 Å². The maximum Gasteiger partial charge on any atom is 0.253 e. The van der Waals surface area contributed by atoms with Gasteiger partial charge in [-0.1, -0.05) is 0 Å². The lowest BCUT2D eigenvalue weighted by Gasteiger charge is -2.32. The van der Waals surface area contributed by atoms with Crippen molar-refractivity contribution >= 4 is 16.7 Å². The average molecular weight is 361 g/mol. The van der Waals surface area contributed by atoms with Crippen molar-refractivity contribution in [2.45, 2.75) is 25.7 Å². The largest absolute Gasteiger partial charge is 0.496 e. The molecule has 27 heavy (non-hydrogen) atoms. The predicted molar refractivity (Wildman–Crippen MR) is 105 cm³/mol. The molecule has 0 saturated carbocycles. The summed E-state index contributed by atoms with van der Waals surface area (Å²) in [6, 6.07) is 9.73. The number of carbonyl (C=O) groups is 1. The van der Waals surface area contributed by atoms with Crippen LogP contribution in [0.25, 0.3) is 10.8 Å². The quantitative estimate of drug-likeness (QED) is 0.708. The van der Waals surface area contributed by atoms with E-state index in [2.05, 4.69) is 18.0 Å². The number of hydrogen-bond donors (Lipinski definition) is 0. The van der Waals surface area contributed by atoms with Crippen molar-refractivity contribution < 1.29 is 9.53 Å². The monoisotopic (exact) mass is 361 g/mol. The number of rotatable bonds is 3. The fraction of sp³-hybridized carbons (Fsp3) is 0.318. The minimum atomic E-state index is 0.0701. The van der Waals surface area contributed by atoms with E-state index in [0.29, 0.717) is 12.1 Å². The molecule has 138 valence electrons. The van der Waals surface area contributed by atoms with Gasteiger partial charge in [-0.3, -0.25) is 14.8 Å². The van der Waals surface area contributed by atoms with Gasteiger partial charge in [-0.15, -0.1) is 0 Å². The van der Waals surface area contributed by atoms with Crippen LogP contribution >= 0.6 is 0 Å². The Morgan fingerprint density at radius 2 is 2.04 bits per heavy atom. The third kappa shape index (κ3) is 3.37. The summed E-state index contributed by atoms with van der Waals surface area (Å²) in [6.45, 7) is 3.56. The summed E-state index contributed by atoms with van der Waals surface area (Å²) in [7, 11) is 1.69. The third-order valence-corrected chi connectivity index (χ3v) is 5.42. The molecule has 0 bridgehead atoms. The lowest BCUT2D eigenvalue weighted by atomic mass is 9.92. The van der Waals surface area contributed by atoms with E-state index in [-0.39, 0.29) is 11.8 Å². The number of carbonyl (C=O) groups excluding carboxylic acids is 1. The molecule has 0 radical (unpaired) electrons. The van der Waals surface area contributed by atoms with Crippen LogP contribution in [0.1, 0.15) is 40.4 Å². The van der Waals surface area contributed by atoms with E-state index in [0.717, 1.165) is 47.2 Å². The minimum absolute atomic E-state index is 0.0701. The van der Waals surface area contributed by atoms with Crippen LogP contribution in [0.3, 0.4) is 0 Å². The smallest absolute Gasteiger partial charge is 0.253 e. The van der Waals surface area contributed by atoms with Crippen molar-refractivity contribution in [2.24, 2.45) is 0 Å². The summed E-state index contributed by atoms with van der Waals surface area (Å²) < 4.78 is 5.46. The van der Waals surface area contributed by atoms with Crippen LogP contribution < -0.4 is 4.74 Å². The van der Waals surface area contributed by atoms with Gasteiger partial charge in [0.15, 0.2) is 0 Å². The second-order valence-corrected chi connectivity index (χ2v) is 7.05. The molecule has 3 heterocycles. The molecule has 1 aliphatic heterocycles. The summed E-state index contributed by atoms with van der Waals surface area (Å²) >= 11 is 0. The molecular weight excluding hydrogens is 338 g/mol. The van der Waals surface area contributed by atoms with Crippen molar-refractivity contribution in [3.63, 3.8) is 0 Å². The van der Waals surface area contributed by atoms with E-state index in [9.17, 15) is 4.79 Å². The van der Waals surface area contributed by atoms with Gasteiger partial charge < -0.3 is 9.64 Å². The van der Waals surface area contributed by atoms with Gasteiger partial charge in [0.05, 0.1) is 7.11 Å². The summed E-state index contributed by atoms with van der Waals surface area (Å²) in [5.41, 5.74) is 2.86. The number of aromatic nitrogens is 2. The standard InChI is InChI=1S/C22H23N3O2/c1-15-19-12-20(24-13-17(19)5-6-21(15)27-2)18-4-3-11-25(14-18)22(26)16-7-9-23-10-8-16/h5-10,12-13,18H,3-4,11,14H2,1-2H3/t18-/m1/s1. The van der Waals surface area contributed by atoms with Crippen LogP contribution in [0.5, 0.6) is 5.75 Å². The molecule has 4 rings (SSSR count). The van der Waals surface area contributed by atoms with E-state index in [1.165, 1.54) is 0 Å². The zero-order valence-corrected chi connectivity index (χ0v) is 15.7. The minimum Gasteiger partial charge on any atom is -0.496 e. The van der Waals surface area contributed by atoms with Gasteiger partial charge >= 0.3 is 0 Å².